The summed E-state index contributed by atoms with van der Waals surface area (Å²) in [7, 11) is 2.06. The topological polar surface area (TPSA) is 71.5 Å². The van der Waals surface area contributed by atoms with Crippen LogP contribution in [0.4, 0.5) is 0 Å². The monoisotopic (exact) mass is 554 g/mol. The molecule has 2 N–H and O–H groups in total. The van der Waals surface area contributed by atoms with Gasteiger partial charge in [-0.2, -0.15) is 11.3 Å². The number of aliphatic hydroxyl groups excluding tert-OH is 1. The van der Waals surface area contributed by atoms with Crippen molar-refractivity contribution in [1.29, 1.82) is 0 Å². The number of aliphatic hydroxyl groups is 1. The zero-order valence-electron chi connectivity index (χ0n) is 24.0. The van der Waals surface area contributed by atoms with Gasteiger partial charge in [0.25, 0.3) is 5.91 Å². The zero-order valence-corrected chi connectivity index (χ0v) is 24.8. The molecule has 1 saturated carbocycles. The van der Waals surface area contributed by atoms with Gasteiger partial charge >= 0.3 is 0 Å². The van der Waals surface area contributed by atoms with Gasteiger partial charge in [0.2, 0.25) is 0 Å². The molecule has 2 aromatic carbocycles. The summed E-state index contributed by atoms with van der Waals surface area (Å²) in [4.78, 5) is 19.4. The normalized spacial score (nSPS) is 14.9. The Morgan fingerprint density at radius 2 is 1.80 bits per heavy atom. The summed E-state index contributed by atoms with van der Waals surface area (Å²) >= 11 is 1.69. The highest BCUT2D eigenvalue weighted by Gasteiger charge is 2.21. The smallest absolute Gasteiger partial charge is 0.270 e. The van der Waals surface area contributed by atoms with Gasteiger partial charge < -0.3 is 15.2 Å². The molecule has 1 aliphatic carbocycles. The fourth-order valence-electron chi connectivity index (χ4n) is 5.54. The molecular weight excluding hydrogens is 515 g/mol. The number of nitrogens with one attached hydrogen (secondary N) is 1. The third-order valence-electron chi connectivity index (χ3n) is 7.83. The number of benzene rings is 2. The van der Waals surface area contributed by atoms with E-state index in [4.69, 9.17) is 9.72 Å². The molecule has 1 fully saturated rings. The molecule has 208 valence electrons. The third kappa shape index (κ3) is 6.94. The third-order valence-corrected chi connectivity index (χ3v) is 8.85. The lowest BCUT2D eigenvalue weighted by atomic mass is 9.87. The second-order valence-electron chi connectivity index (χ2n) is 12.1. The largest absolute Gasteiger partial charge is 0.457 e. The summed E-state index contributed by atoms with van der Waals surface area (Å²) in [6.07, 6.45) is 6.34. The fourth-order valence-corrected chi connectivity index (χ4v) is 6.51. The van der Waals surface area contributed by atoms with Gasteiger partial charge in [0.1, 0.15) is 17.2 Å². The molecule has 1 atom stereocenters. The number of hydrogen-bond donors (Lipinski definition) is 2. The number of thiophene rings is 1. The number of carbonyl (C=O) groups excluding carboxylic acids is 1. The van der Waals surface area contributed by atoms with Crippen LogP contribution >= 0.6 is 11.3 Å². The van der Waals surface area contributed by atoms with Crippen LogP contribution in [0, 0.1) is 5.92 Å². The Balaban J connectivity index is 1.40. The van der Waals surface area contributed by atoms with Crippen molar-refractivity contribution in [1.82, 2.24) is 10.3 Å². The number of fused-ring (bicyclic) bond motifs is 1. The van der Waals surface area contributed by atoms with Gasteiger partial charge in [0, 0.05) is 22.4 Å². The summed E-state index contributed by atoms with van der Waals surface area (Å²) in [5.41, 5.74) is 2.69. The Hall–Kier alpha value is -3.16. The first kappa shape index (κ1) is 28.4. The van der Waals surface area contributed by atoms with E-state index in [2.05, 4.69) is 64.3 Å². The van der Waals surface area contributed by atoms with E-state index in [1.165, 1.54) is 36.0 Å². The van der Waals surface area contributed by atoms with E-state index in [0.29, 0.717) is 18.0 Å². The molecule has 40 heavy (non-hydrogen) atoms. The lowest BCUT2D eigenvalue weighted by molar-refractivity contribution is 0.0911. The number of hydrogen-bond acceptors (Lipinski definition) is 5. The summed E-state index contributed by atoms with van der Waals surface area (Å²) in [5.74, 6) is 1.89. The standard InChI is InChI=1S/C33H39BN2O3S/c1-33(2,3)23-9-12-25(13-10-23)39-26-11-8-22-17-30(36-29(28(22)19-26)16-21-6-4-5-7-21)32(38)35-24(20-37)18-27-14-15-31(34)40-27/h8-15,17,19,21,24,37H,4-7,16,18,20,34H2,1-3H3,(H,35,38)/t24-/m0/s1. The highest BCUT2D eigenvalue weighted by Crippen LogP contribution is 2.33. The van der Waals surface area contributed by atoms with Crippen molar-refractivity contribution >= 4 is 40.6 Å². The molecule has 4 aromatic rings. The van der Waals surface area contributed by atoms with Gasteiger partial charge in [-0.15, -0.1) is 0 Å². The Bertz CT molecular complexity index is 1470. The van der Waals surface area contributed by atoms with Crippen molar-refractivity contribution in [2.75, 3.05) is 6.61 Å². The van der Waals surface area contributed by atoms with Crippen molar-refractivity contribution in [2.24, 2.45) is 5.92 Å². The predicted molar refractivity (Wildman–Crippen MR) is 167 cm³/mol. The van der Waals surface area contributed by atoms with Gasteiger partial charge in [0.15, 0.2) is 7.85 Å². The molecule has 0 saturated heterocycles. The molecule has 1 amide bonds. The number of amides is 1. The molecule has 5 rings (SSSR count). The molecule has 2 aromatic heterocycles. The van der Waals surface area contributed by atoms with Crippen molar-refractivity contribution < 1.29 is 14.6 Å². The molecule has 1 aliphatic rings. The van der Waals surface area contributed by atoms with E-state index < -0.39 is 0 Å². The van der Waals surface area contributed by atoms with Crippen molar-refractivity contribution in [3.63, 3.8) is 0 Å². The van der Waals surface area contributed by atoms with Gasteiger partial charge in [-0.3, -0.25) is 4.79 Å². The highest BCUT2D eigenvalue weighted by molar-refractivity contribution is 7.20. The zero-order chi connectivity index (χ0) is 28.3. The first-order valence-corrected chi connectivity index (χ1v) is 15.2. The number of aromatic nitrogens is 1. The quantitative estimate of drug-likeness (QED) is 0.260. The Labute approximate surface area is 242 Å². The first-order valence-electron chi connectivity index (χ1n) is 14.4. The summed E-state index contributed by atoms with van der Waals surface area (Å²) < 4.78 is 7.47. The molecular formula is C33H39BN2O3S. The second kappa shape index (κ2) is 12.2. The summed E-state index contributed by atoms with van der Waals surface area (Å²) in [6, 6.07) is 19.9. The number of nitrogens with zero attached hydrogens (tertiary/aromatic N) is 1. The predicted octanol–water partition coefficient (Wildman–Crippen LogP) is 5.71. The number of carbonyl (C=O) groups is 1. The molecule has 0 bridgehead atoms. The van der Waals surface area contributed by atoms with Crippen LogP contribution in [0.5, 0.6) is 11.5 Å². The Kier molecular flexibility index (Phi) is 8.62. The van der Waals surface area contributed by atoms with E-state index in [1.807, 2.05) is 30.3 Å². The Morgan fingerprint density at radius 3 is 2.45 bits per heavy atom. The second-order valence-corrected chi connectivity index (χ2v) is 13.5. The minimum atomic E-state index is -0.359. The number of pyridine rings is 1. The summed E-state index contributed by atoms with van der Waals surface area (Å²) in [6.45, 7) is 6.49. The van der Waals surface area contributed by atoms with Gasteiger partial charge in [-0.1, -0.05) is 70.7 Å². The van der Waals surface area contributed by atoms with Gasteiger partial charge in [0.05, 0.1) is 12.6 Å². The average Bonchev–Trinajstić information content (AvgIpc) is 3.59. The molecule has 0 spiro atoms. The highest BCUT2D eigenvalue weighted by atomic mass is 32.1. The van der Waals surface area contributed by atoms with E-state index in [9.17, 15) is 9.90 Å². The van der Waals surface area contributed by atoms with Crippen LogP contribution in [0.25, 0.3) is 10.8 Å². The van der Waals surface area contributed by atoms with E-state index in [0.717, 1.165) is 39.3 Å². The van der Waals surface area contributed by atoms with Crippen LogP contribution in [0.15, 0.2) is 60.7 Å². The first-order chi connectivity index (χ1) is 19.2. The van der Waals surface area contributed by atoms with E-state index >= 15 is 0 Å². The van der Waals surface area contributed by atoms with E-state index in [1.54, 1.807) is 11.3 Å². The van der Waals surface area contributed by atoms with Crippen LogP contribution in [0.2, 0.25) is 0 Å². The number of rotatable bonds is 9. The fraction of sp³-hybridized carbons (Fsp3) is 0.394. The van der Waals surface area contributed by atoms with E-state index in [-0.39, 0.29) is 24.0 Å². The minimum Gasteiger partial charge on any atom is -0.457 e. The minimum absolute atomic E-state index is 0.0898. The lowest BCUT2D eigenvalue weighted by Gasteiger charge is -2.19. The molecule has 0 aliphatic heterocycles. The van der Waals surface area contributed by atoms with Crippen LogP contribution < -0.4 is 14.8 Å². The van der Waals surface area contributed by atoms with Crippen LogP contribution in [0.3, 0.4) is 0 Å². The lowest BCUT2D eigenvalue weighted by Crippen LogP contribution is -2.39. The Morgan fingerprint density at radius 1 is 1.07 bits per heavy atom. The maximum absolute atomic E-state index is 13.3. The van der Waals surface area contributed by atoms with Crippen molar-refractivity contribution in [3.05, 3.63) is 82.5 Å². The molecule has 0 radical (unpaired) electrons. The van der Waals surface area contributed by atoms with Crippen molar-refractivity contribution in [2.45, 2.75) is 70.8 Å². The SMILES string of the molecule is Bc1ccc(C[C@@H](CO)NC(=O)c2cc3ccc(Oc4ccc(C(C)(C)C)cc4)cc3c(CC3CCCC3)n2)s1. The molecule has 5 nitrogen and oxygen atoms in total. The maximum atomic E-state index is 13.3. The van der Waals surface area contributed by atoms with Gasteiger partial charge in [-0.05, 0) is 69.9 Å². The summed E-state index contributed by atoms with van der Waals surface area (Å²) in [5, 5.41) is 15.0. The molecule has 2 heterocycles. The van der Waals surface area contributed by atoms with Crippen LogP contribution in [-0.2, 0) is 18.3 Å². The van der Waals surface area contributed by atoms with Crippen molar-refractivity contribution in [3.8, 4) is 11.5 Å². The molecule has 0 unspecified atom stereocenters. The van der Waals surface area contributed by atoms with Crippen LogP contribution in [-0.4, -0.2) is 36.5 Å². The van der Waals surface area contributed by atoms with Crippen LogP contribution in [0.1, 0.15) is 73.1 Å². The molecule has 7 heteroatoms. The average molecular weight is 555 g/mol. The maximum Gasteiger partial charge on any atom is 0.270 e. The van der Waals surface area contributed by atoms with Gasteiger partial charge in [-0.25, -0.2) is 4.98 Å². The number of ether oxygens (including phenoxy) is 1.